The average molecular weight is 271 g/mol. The SMILES string of the molecule is CCCCCCCC(=O)c1ccc(O)c2ncccc12. The number of carbonyl (C=O) groups excluding carboxylic acids is 1. The van der Waals surface area contributed by atoms with Crippen LogP contribution in [-0.2, 0) is 0 Å². The van der Waals surface area contributed by atoms with Crippen molar-refractivity contribution in [2.75, 3.05) is 0 Å². The molecule has 0 aliphatic heterocycles. The Kier molecular flexibility index (Phi) is 5.10. The largest absolute Gasteiger partial charge is 0.506 e. The summed E-state index contributed by atoms with van der Waals surface area (Å²) in [4.78, 5) is 16.4. The summed E-state index contributed by atoms with van der Waals surface area (Å²) in [5.41, 5.74) is 1.17. The number of carbonyl (C=O) groups is 1. The maximum absolute atomic E-state index is 12.3. The molecule has 0 radical (unpaired) electrons. The van der Waals surface area contributed by atoms with Crippen molar-refractivity contribution in [2.45, 2.75) is 45.4 Å². The van der Waals surface area contributed by atoms with Crippen molar-refractivity contribution in [1.82, 2.24) is 4.98 Å². The van der Waals surface area contributed by atoms with Crippen LogP contribution in [0.3, 0.4) is 0 Å². The lowest BCUT2D eigenvalue weighted by atomic mass is 9.99. The molecule has 0 spiro atoms. The molecule has 2 rings (SSSR count). The molecule has 20 heavy (non-hydrogen) atoms. The van der Waals surface area contributed by atoms with Crippen LogP contribution in [0, 0.1) is 0 Å². The van der Waals surface area contributed by atoms with E-state index < -0.39 is 0 Å². The van der Waals surface area contributed by atoms with Crippen LogP contribution in [0.25, 0.3) is 10.9 Å². The van der Waals surface area contributed by atoms with Crippen LogP contribution in [0.5, 0.6) is 5.75 Å². The molecular weight excluding hydrogens is 250 g/mol. The van der Waals surface area contributed by atoms with Crippen LogP contribution >= 0.6 is 0 Å². The fourth-order valence-electron chi connectivity index (χ4n) is 2.42. The Balaban J connectivity index is 2.09. The van der Waals surface area contributed by atoms with Crippen LogP contribution in [0.4, 0.5) is 0 Å². The number of hydrogen-bond acceptors (Lipinski definition) is 3. The van der Waals surface area contributed by atoms with Gasteiger partial charge in [-0.15, -0.1) is 0 Å². The molecule has 106 valence electrons. The summed E-state index contributed by atoms with van der Waals surface area (Å²) in [6.07, 6.45) is 7.87. The van der Waals surface area contributed by atoms with E-state index in [0.29, 0.717) is 17.5 Å². The summed E-state index contributed by atoms with van der Waals surface area (Å²) >= 11 is 0. The molecule has 0 saturated carbocycles. The van der Waals surface area contributed by atoms with Gasteiger partial charge in [0.1, 0.15) is 11.3 Å². The van der Waals surface area contributed by atoms with Gasteiger partial charge in [-0.3, -0.25) is 9.78 Å². The van der Waals surface area contributed by atoms with E-state index in [1.165, 1.54) is 19.3 Å². The number of ketones is 1. The van der Waals surface area contributed by atoms with Crippen molar-refractivity contribution < 1.29 is 9.90 Å². The number of phenols is 1. The number of unbranched alkanes of at least 4 members (excludes halogenated alkanes) is 4. The number of rotatable bonds is 7. The summed E-state index contributed by atoms with van der Waals surface area (Å²) in [5, 5.41) is 10.5. The zero-order valence-corrected chi connectivity index (χ0v) is 11.9. The van der Waals surface area contributed by atoms with Crippen molar-refractivity contribution in [3.8, 4) is 5.75 Å². The van der Waals surface area contributed by atoms with Gasteiger partial charge in [0.05, 0.1) is 0 Å². The predicted molar refractivity (Wildman–Crippen MR) is 81.1 cm³/mol. The van der Waals surface area contributed by atoms with Gasteiger partial charge < -0.3 is 5.11 Å². The molecule has 1 aromatic heterocycles. The van der Waals surface area contributed by atoms with E-state index in [2.05, 4.69) is 11.9 Å². The van der Waals surface area contributed by atoms with Gasteiger partial charge in [0.2, 0.25) is 0 Å². The van der Waals surface area contributed by atoms with Crippen LogP contribution in [0.15, 0.2) is 30.5 Å². The smallest absolute Gasteiger partial charge is 0.163 e. The van der Waals surface area contributed by atoms with Crippen molar-refractivity contribution in [3.63, 3.8) is 0 Å². The van der Waals surface area contributed by atoms with Crippen LogP contribution in [0.1, 0.15) is 55.8 Å². The Morgan fingerprint density at radius 1 is 1.15 bits per heavy atom. The van der Waals surface area contributed by atoms with Crippen molar-refractivity contribution in [3.05, 3.63) is 36.0 Å². The van der Waals surface area contributed by atoms with Gasteiger partial charge in [0, 0.05) is 23.6 Å². The molecule has 3 heteroatoms. The number of benzene rings is 1. The second kappa shape index (κ2) is 7.04. The van der Waals surface area contributed by atoms with E-state index in [4.69, 9.17) is 0 Å². The second-order valence-electron chi connectivity index (χ2n) is 5.12. The van der Waals surface area contributed by atoms with E-state index in [1.54, 1.807) is 24.4 Å². The number of hydrogen-bond donors (Lipinski definition) is 1. The predicted octanol–water partition coefficient (Wildman–Crippen LogP) is 4.48. The highest BCUT2D eigenvalue weighted by Crippen LogP contribution is 2.26. The first-order valence-electron chi connectivity index (χ1n) is 7.34. The summed E-state index contributed by atoms with van der Waals surface area (Å²) in [5.74, 6) is 0.264. The molecule has 1 heterocycles. The molecule has 0 aliphatic carbocycles. The Morgan fingerprint density at radius 3 is 2.75 bits per heavy atom. The molecule has 0 unspecified atom stereocenters. The maximum Gasteiger partial charge on any atom is 0.163 e. The molecule has 0 atom stereocenters. The highest BCUT2D eigenvalue weighted by molar-refractivity contribution is 6.08. The van der Waals surface area contributed by atoms with Gasteiger partial charge in [-0.25, -0.2) is 0 Å². The summed E-state index contributed by atoms with van der Waals surface area (Å²) in [6, 6.07) is 6.89. The maximum atomic E-state index is 12.3. The van der Waals surface area contributed by atoms with Crippen LogP contribution < -0.4 is 0 Å². The van der Waals surface area contributed by atoms with Crippen LogP contribution in [0.2, 0.25) is 0 Å². The number of phenolic OH excluding ortho intramolecular Hbond substituents is 1. The van der Waals surface area contributed by atoms with E-state index in [0.717, 1.165) is 18.2 Å². The molecule has 3 nitrogen and oxygen atoms in total. The van der Waals surface area contributed by atoms with E-state index in [1.807, 2.05) is 6.07 Å². The summed E-state index contributed by atoms with van der Waals surface area (Å²) in [7, 11) is 0. The molecule has 0 fully saturated rings. The van der Waals surface area contributed by atoms with Gasteiger partial charge in [0.15, 0.2) is 5.78 Å². The average Bonchev–Trinajstić information content (AvgIpc) is 2.47. The van der Waals surface area contributed by atoms with Crippen molar-refractivity contribution >= 4 is 16.7 Å². The quantitative estimate of drug-likeness (QED) is 0.596. The van der Waals surface area contributed by atoms with E-state index >= 15 is 0 Å². The molecule has 1 aromatic carbocycles. The van der Waals surface area contributed by atoms with Crippen molar-refractivity contribution in [1.29, 1.82) is 0 Å². The highest BCUT2D eigenvalue weighted by Gasteiger charge is 2.12. The lowest BCUT2D eigenvalue weighted by molar-refractivity contribution is 0.0980. The lowest BCUT2D eigenvalue weighted by Crippen LogP contribution is -2.00. The minimum absolute atomic E-state index is 0.125. The van der Waals surface area contributed by atoms with Gasteiger partial charge in [-0.1, -0.05) is 38.7 Å². The fourth-order valence-corrected chi connectivity index (χ4v) is 2.42. The zero-order valence-electron chi connectivity index (χ0n) is 11.9. The van der Waals surface area contributed by atoms with Gasteiger partial charge in [0.25, 0.3) is 0 Å². The summed E-state index contributed by atoms with van der Waals surface area (Å²) in [6.45, 7) is 2.18. The third-order valence-electron chi connectivity index (χ3n) is 3.56. The molecule has 0 aliphatic rings. The monoisotopic (exact) mass is 271 g/mol. The molecule has 0 amide bonds. The minimum atomic E-state index is 0.125. The topological polar surface area (TPSA) is 50.2 Å². The number of Topliss-reactive ketones (excluding diaryl/α,β-unsaturated/α-hetero) is 1. The zero-order chi connectivity index (χ0) is 14.4. The Labute approximate surface area is 119 Å². The highest BCUT2D eigenvalue weighted by atomic mass is 16.3. The number of nitrogens with zero attached hydrogens (tertiary/aromatic N) is 1. The molecule has 0 saturated heterocycles. The number of aromatic hydroxyl groups is 1. The molecule has 1 N–H and O–H groups in total. The first kappa shape index (κ1) is 14.5. The third kappa shape index (κ3) is 3.35. The fraction of sp³-hybridized carbons (Fsp3) is 0.412. The number of aromatic nitrogens is 1. The van der Waals surface area contributed by atoms with Crippen LogP contribution in [-0.4, -0.2) is 15.9 Å². The first-order chi connectivity index (χ1) is 9.74. The Bertz CT molecular complexity index is 593. The molecule has 2 aromatic rings. The summed E-state index contributed by atoms with van der Waals surface area (Å²) < 4.78 is 0. The first-order valence-corrected chi connectivity index (χ1v) is 7.34. The third-order valence-corrected chi connectivity index (χ3v) is 3.56. The molecular formula is C17H21NO2. The molecule has 0 bridgehead atoms. The van der Waals surface area contributed by atoms with E-state index in [-0.39, 0.29) is 11.5 Å². The Hall–Kier alpha value is -1.90. The normalized spacial score (nSPS) is 10.8. The van der Waals surface area contributed by atoms with Gasteiger partial charge in [-0.05, 0) is 24.6 Å². The standard InChI is InChI=1S/C17H21NO2/c1-2-3-4-5-6-9-15(19)13-10-11-16(20)17-14(13)8-7-12-18-17/h7-8,10-12,20H,2-6,9H2,1H3. The van der Waals surface area contributed by atoms with E-state index in [9.17, 15) is 9.90 Å². The number of pyridine rings is 1. The second-order valence-corrected chi connectivity index (χ2v) is 5.12. The van der Waals surface area contributed by atoms with Crippen molar-refractivity contribution in [2.24, 2.45) is 0 Å². The lowest BCUT2D eigenvalue weighted by Gasteiger charge is -2.06. The van der Waals surface area contributed by atoms with Gasteiger partial charge in [-0.2, -0.15) is 0 Å². The minimum Gasteiger partial charge on any atom is -0.506 e. The van der Waals surface area contributed by atoms with Gasteiger partial charge >= 0.3 is 0 Å². The number of fused-ring (bicyclic) bond motifs is 1. The Morgan fingerprint density at radius 2 is 1.95 bits per heavy atom.